The average molecular weight is 373 g/mol. The highest BCUT2D eigenvalue weighted by atomic mass is 32.1. The van der Waals surface area contributed by atoms with Crippen LogP contribution in [0.1, 0.15) is 31.1 Å². The molecule has 0 spiro atoms. The van der Waals surface area contributed by atoms with Gasteiger partial charge in [0.2, 0.25) is 0 Å². The van der Waals surface area contributed by atoms with Crippen molar-refractivity contribution in [2.24, 2.45) is 0 Å². The maximum atomic E-state index is 14.6. The van der Waals surface area contributed by atoms with Crippen LogP contribution in [0.3, 0.4) is 0 Å². The van der Waals surface area contributed by atoms with Gasteiger partial charge in [0.15, 0.2) is 0 Å². The molecule has 1 N–H and O–H groups in total. The molecular formula is C19H20FN3O2S. The van der Waals surface area contributed by atoms with E-state index in [1.54, 1.807) is 17.8 Å². The van der Waals surface area contributed by atoms with E-state index >= 15 is 0 Å². The largest absolute Gasteiger partial charge is 0.505 e. The number of morpholine rings is 1. The predicted octanol–water partition coefficient (Wildman–Crippen LogP) is 3.73. The third kappa shape index (κ3) is 3.06. The molecule has 0 radical (unpaired) electrons. The third-order valence-electron chi connectivity index (χ3n) is 4.66. The van der Waals surface area contributed by atoms with Crippen LogP contribution in [0.2, 0.25) is 0 Å². The zero-order valence-electron chi connectivity index (χ0n) is 14.6. The van der Waals surface area contributed by atoms with Gasteiger partial charge in [-0.3, -0.25) is 9.88 Å². The first-order valence-corrected chi connectivity index (χ1v) is 9.47. The van der Waals surface area contributed by atoms with Crippen LogP contribution >= 0.6 is 11.3 Å². The number of benzene rings is 1. The van der Waals surface area contributed by atoms with E-state index < -0.39 is 6.04 Å². The number of thiazole rings is 1. The van der Waals surface area contributed by atoms with E-state index in [0.29, 0.717) is 29.9 Å². The number of aromatic hydroxyl groups is 1. The number of halogens is 1. The summed E-state index contributed by atoms with van der Waals surface area (Å²) in [5.74, 6) is -0.298. The molecule has 0 bridgehead atoms. The first-order chi connectivity index (χ1) is 12.5. The molecule has 26 heavy (non-hydrogen) atoms. The molecular weight excluding hydrogens is 353 g/mol. The lowest BCUT2D eigenvalue weighted by Crippen LogP contribution is -2.47. The Bertz CT molecular complexity index is 922. The SMILES string of the molecule is CC1CN(C(c2ccc3scnc3c2O)c2ncccc2F)CC(C)O1. The van der Waals surface area contributed by atoms with Crippen molar-refractivity contribution in [1.82, 2.24) is 14.9 Å². The molecule has 1 aliphatic rings. The second-order valence-electron chi connectivity index (χ2n) is 6.69. The van der Waals surface area contributed by atoms with Crippen molar-refractivity contribution in [3.63, 3.8) is 0 Å². The minimum Gasteiger partial charge on any atom is -0.505 e. The number of fused-ring (bicyclic) bond motifs is 1. The number of aromatic nitrogens is 2. The minimum atomic E-state index is -0.504. The van der Waals surface area contributed by atoms with Gasteiger partial charge >= 0.3 is 0 Å². The van der Waals surface area contributed by atoms with Crippen LogP contribution in [0.5, 0.6) is 5.75 Å². The van der Waals surface area contributed by atoms with Gasteiger partial charge in [0.25, 0.3) is 0 Å². The number of hydrogen-bond acceptors (Lipinski definition) is 6. The molecule has 1 saturated heterocycles. The quantitative estimate of drug-likeness (QED) is 0.758. The van der Waals surface area contributed by atoms with Crippen LogP contribution in [-0.2, 0) is 4.74 Å². The summed E-state index contributed by atoms with van der Waals surface area (Å²) in [4.78, 5) is 10.7. The number of rotatable bonds is 3. The Morgan fingerprint density at radius 2 is 2.00 bits per heavy atom. The Kier molecular flexibility index (Phi) is 4.60. The van der Waals surface area contributed by atoms with Gasteiger partial charge in [-0.2, -0.15) is 0 Å². The number of nitrogens with zero attached hydrogens (tertiary/aromatic N) is 3. The van der Waals surface area contributed by atoms with Gasteiger partial charge in [0.05, 0.1) is 34.2 Å². The summed E-state index contributed by atoms with van der Waals surface area (Å²) < 4.78 is 21.4. The van der Waals surface area contributed by atoms with E-state index in [0.717, 1.165) is 4.70 Å². The topological polar surface area (TPSA) is 58.5 Å². The fraction of sp³-hybridized carbons (Fsp3) is 0.368. The van der Waals surface area contributed by atoms with Gasteiger partial charge in [-0.25, -0.2) is 9.37 Å². The Morgan fingerprint density at radius 1 is 1.23 bits per heavy atom. The number of hydrogen-bond donors (Lipinski definition) is 1. The molecule has 7 heteroatoms. The molecule has 1 fully saturated rings. The minimum absolute atomic E-state index is 0.0122. The summed E-state index contributed by atoms with van der Waals surface area (Å²) in [5.41, 5.74) is 3.16. The van der Waals surface area contributed by atoms with E-state index in [4.69, 9.17) is 4.74 Å². The fourth-order valence-electron chi connectivity index (χ4n) is 3.70. The Balaban J connectivity index is 1.87. The number of phenolic OH excluding ortho intramolecular Hbond substituents is 1. The monoisotopic (exact) mass is 373 g/mol. The van der Waals surface area contributed by atoms with E-state index in [1.165, 1.54) is 17.4 Å². The smallest absolute Gasteiger partial charge is 0.147 e. The van der Waals surface area contributed by atoms with Gasteiger partial charge in [-0.15, -0.1) is 11.3 Å². The fourth-order valence-corrected chi connectivity index (χ4v) is 4.38. The van der Waals surface area contributed by atoms with Crippen molar-refractivity contribution in [2.45, 2.75) is 32.1 Å². The lowest BCUT2D eigenvalue weighted by Gasteiger charge is -2.40. The number of ether oxygens (including phenoxy) is 1. The highest BCUT2D eigenvalue weighted by Crippen LogP contribution is 2.40. The van der Waals surface area contributed by atoms with E-state index in [2.05, 4.69) is 14.9 Å². The Morgan fingerprint density at radius 3 is 2.73 bits per heavy atom. The van der Waals surface area contributed by atoms with Gasteiger partial charge < -0.3 is 9.84 Å². The summed E-state index contributed by atoms with van der Waals surface area (Å²) in [6.45, 7) is 5.25. The van der Waals surface area contributed by atoms with Crippen molar-refractivity contribution in [1.29, 1.82) is 0 Å². The van der Waals surface area contributed by atoms with Crippen LogP contribution in [0.15, 0.2) is 36.0 Å². The molecule has 136 valence electrons. The second kappa shape index (κ2) is 6.90. The summed E-state index contributed by atoms with van der Waals surface area (Å²) >= 11 is 1.46. The molecule has 3 aromatic rings. The Hall–Kier alpha value is -2.09. The maximum absolute atomic E-state index is 14.6. The summed E-state index contributed by atoms with van der Waals surface area (Å²) in [6.07, 6.45) is 1.60. The lowest BCUT2D eigenvalue weighted by molar-refractivity contribution is -0.0773. The number of phenols is 1. The van der Waals surface area contributed by atoms with Crippen molar-refractivity contribution in [2.75, 3.05) is 13.1 Å². The van der Waals surface area contributed by atoms with Gasteiger partial charge in [0, 0.05) is 24.8 Å². The molecule has 1 aliphatic heterocycles. The standard InChI is InChI=1S/C19H20FN3O2S/c1-11-8-23(9-12(2)25-11)18(16-14(20)4-3-7-21-16)13-5-6-15-17(19(13)24)22-10-26-15/h3-7,10-12,18,24H,8-9H2,1-2H3. The predicted molar refractivity (Wildman–Crippen MR) is 98.9 cm³/mol. The highest BCUT2D eigenvalue weighted by Gasteiger charge is 2.34. The summed E-state index contributed by atoms with van der Waals surface area (Å²) in [6, 6.07) is 6.24. The third-order valence-corrected chi connectivity index (χ3v) is 5.45. The summed E-state index contributed by atoms with van der Waals surface area (Å²) in [7, 11) is 0. The van der Waals surface area contributed by atoms with Gasteiger partial charge in [-0.1, -0.05) is 6.07 Å². The van der Waals surface area contributed by atoms with E-state index in [1.807, 2.05) is 26.0 Å². The zero-order valence-corrected chi connectivity index (χ0v) is 15.4. The van der Waals surface area contributed by atoms with Gasteiger partial charge in [-0.05, 0) is 32.0 Å². The van der Waals surface area contributed by atoms with Crippen LogP contribution in [0, 0.1) is 5.82 Å². The molecule has 0 amide bonds. The number of pyridine rings is 1. The zero-order chi connectivity index (χ0) is 18.3. The molecule has 0 saturated carbocycles. The normalized spacial score (nSPS) is 22.6. The van der Waals surface area contributed by atoms with Crippen LogP contribution in [-0.4, -0.2) is 45.3 Å². The average Bonchev–Trinajstić information content (AvgIpc) is 3.07. The molecule has 4 rings (SSSR count). The summed E-state index contributed by atoms with van der Waals surface area (Å²) in [5, 5.41) is 10.9. The van der Waals surface area contributed by atoms with Crippen LogP contribution in [0.4, 0.5) is 4.39 Å². The molecule has 0 aliphatic carbocycles. The van der Waals surface area contributed by atoms with Gasteiger partial charge in [0.1, 0.15) is 17.1 Å². The molecule has 3 unspecified atom stereocenters. The maximum Gasteiger partial charge on any atom is 0.147 e. The van der Waals surface area contributed by atoms with Crippen LogP contribution in [0.25, 0.3) is 10.2 Å². The van der Waals surface area contributed by atoms with Crippen molar-refractivity contribution in [3.8, 4) is 5.75 Å². The second-order valence-corrected chi connectivity index (χ2v) is 7.57. The molecule has 3 atom stereocenters. The first-order valence-electron chi connectivity index (χ1n) is 8.59. The van der Waals surface area contributed by atoms with Crippen molar-refractivity contribution >= 4 is 21.6 Å². The molecule has 1 aromatic carbocycles. The van der Waals surface area contributed by atoms with E-state index in [9.17, 15) is 9.50 Å². The first kappa shape index (κ1) is 17.3. The van der Waals surface area contributed by atoms with Crippen LogP contribution < -0.4 is 0 Å². The van der Waals surface area contributed by atoms with E-state index in [-0.39, 0.29) is 23.8 Å². The van der Waals surface area contributed by atoms with Crippen molar-refractivity contribution < 1.29 is 14.2 Å². The molecule has 3 heterocycles. The molecule has 2 aromatic heterocycles. The lowest BCUT2D eigenvalue weighted by atomic mass is 9.97. The molecule has 5 nitrogen and oxygen atoms in total. The van der Waals surface area contributed by atoms with Crippen molar-refractivity contribution in [3.05, 3.63) is 53.0 Å². The Labute approximate surface area is 155 Å². The highest BCUT2D eigenvalue weighted by molar-refractivity contribution is 7.16.